The van der Waals surface area contributed by atoms with E-state index in [4.69, 9.17) is 5.73 Å². The molecule has 2 aromatic heterocycles. The maximum absolute atomic E-state index is 6.03. The van der Waals surface area contributed by atoms with Crippen LogP contribution >= 0.6 is 11.3 Å². The van der Waals surface area contributed by atoms with Crippen LogP contribution in [0.4, 0.5) is 0 Å². The summed E-state index contributed by atoms with van der Waals surface area (Å²) in [5.74, 6) is 0. The second-order valence-electron chi connectivity index (χ2n) is 4.72. The van der Waals surface area contributed by atoms with Gasteiger partial charge in [-0.2, -0.15) is 0 Å². The molecule has 0 saturated heterocycles. The zero-order valence-electron chi connectivity index (χ0n) is 11.5. The van der Waals surface area contributed by atoms with Crippen molar-refractivity contribution in [3.05, 3.63) is 28.0 Å². The fourth-order valence-electron chi connectivity index (χ4n) is 1.94. The van der Waals surface area contributed by atoms with Gasteiger partial charge in [0, 0.05) is 5.38 Å². The molecule has 0 spiro atoms. The van der Waals surface area contributed by atoms with Gasteiger partial charge in [0.25, 0.3) is 0 Å². The van der Waals surface area contributed by atoms with Crippen LogP contribution in [0, 0.1) is 0 Å². The van der Waals surface area contributed by atoms with Crippen LogP contribution in [0.5, 0.6) is 0 Å². The van der Waals surface area contributed by atoms with Gasteiger partial charge >= 0.3 is 0 Å². The number of aryl methyl sites for hydroxylation is 1. The molecular weight excluding hydrogens is 258 g/mol. The lowest BCUT2D eigenvalue weighted by molar-refractivity contribution is 0.616. The maximum Gasteiger partial charge on any atom is 0.0994 e. The Morgan fingerprint density at radius 1 is 1.37 bits per heavy atom. The maximum atomic E-state index is 6.03. The van der Waals surface area contributed by atoms with Crippen LogP contribution in [0.3, 0.4) is 0 Å². The molecule has 0 aliphatic carbocycles. The molecule has 0 fully saturated rings. The zero-order valence-corrected chi connectivity index (χ0v) is 12.4. The van der Waals surface area contributed by atoms with Crippen LogP contribution in [0.15, 0.2) is 11.6 Å². The first-order valence-corrected chi connectivity index (χ1v) is 7.69. The van der Waals surface area contributed by atoms with Crippen molar-refractivity contribution in [3.63, 3.8) is 0 Å². The van der Waals surface area contributed by atoms with Crippen LogP contribution in [-0.4, -0.2) is 20.0 Å². The number of nitrogens with zero attached hydrogens (tertiary/aromatic N) is 4. The molecule has 5 nitrogen and oxygen atoms in total. The summed E-state index contributed by atoms with van der Waals surface area (Å²) in [6.07, 6.45) is 6.11. The minimum atomic E-state index is -0.00941. The quantitative estimate of drug-likeness (QED) is 0.845. The minimum absolute atomic E-state index is 0.00941. The first-order chi connectivity index (χ1) is 9.22. The van der Waals surface area contributed by atoms with E-state index in [9.17, 15) is 0 Å². The summed E-state index contributed by atoms with van der Waals surface area (Å²) in [6, 6.07) is -0.00941. The van der Waals surface area contributed by atoms with Crippen molar-refractivity contribution in [2.24, 2.45) is 5.73 Å². The van der Waals surface area contributed by atoms with Crippen molar-refractivity contribution in [2.45, 2.75) is 52.1 Å². The van der Waals surface area contributed by atoms with Crippen molar-refractivity contribution in [3.8, 4) is 0 Å². The first kappa shape index (κ1) is 14.1. The van der Waals surface area contributed by atoms with E-state index in [1.54, 1.807) is 11.3 Å². The molecule has 0 aliphatic heterocycles. The number of hydrogen-bond donors (Lipinski definition) is 1. The highest BCUT2D eigenvalue weighted by molar-refractivity contribution is 7.09. The third-order valence-corrected chi connectivity index (χ3v) is 3.88. The second kappa shape index (κ2) is 6.77. The van der Waals surface area contributed by atoms with Gasteiger partial charge in [0.05, 0.1) is 35.2 Å². The zero-order chi connectivity index (χ0) is 13.7. The smallest absolute Gasteiger partial charge is 0.0994 e. The number of hydrogen-bond acceptors (Lipinski definition) is 5. The van der Waals surface area contributed by atoms with Gasteiger partial charge in [0.1, 0.15) is 0 Å². The molecule has 0 aromatic carbocycles. The summed E-state index contributed by atoms with van der Waals surface area (Å²) in [6.45, 7) is 4.96. The normalized spacial score (nSPS) is 12.8. The molecule has 0 radical (unpaired) electrons. The molecule has 104 valence electrons. The molecule has 19 heavy (non-hydrogen) atoms. The summed E-state index contributed by atoms with van der Waals surface area (Å²) in [4.78, 5) is 4.58. The number of rotatable bonds is 7. The van der Waals surface area contributed by atoms with Crippen molar-refractivity contribution in [1.82, 2.24) is 20.0 Å². The summed E-state index contributed by atoms with van der Waals surface area (Å²) in [5, 5.41) is 11.5. The largest absolute Gasteiger partial charge is 0.323 e. The van der Waals surface area contributed by atoms with E-state index in [2.05, 4.69) is 34.5 Å². The SMILES string of the molecule is CCCc1nc(Cn2cc(C(N)CCC)nn2)cs1. The van der Waals surface area contributed by atoms with Gasteiger partial charge in [-0.05, 0) is 19.3 Å². The highest BCUT2D eigenvalue weighted by atomic mass is 32.1. The fourth-order valence-corrected chi connectivity index (χ4v) is 2.83. The lowest BCUT2D eigenvalue weighted by Gasteiger charge is -2.04. The lowest BCUT2D eigenvalue weighted by Crippen LogP contribution is -2.10. The van der Waals surface area contributed by atoms with E-state index in [1.165, 1.54) is 5.01 Å². The predicted octanol–water partition coefficient (Wildman–Crippen LogP) is 2.54. The third-order valence-electron chi connectivity index (χ3n) is 2.92. The van der Waals surface area contributed by atoms with E-state index in [-0.39, 0.29) is 6.04 Å². The average Bonchev–Trinajstić information content (AvgIpc) is 3.00. The highest BCUT2D eigenvalue weighted by Crippen LogP contribution is 2.15. The van der Waals surface area contributed by atoms with Gasteiger partial charge in [-0.15, -0.1) is 16.4 Å². The minimum Gasteiger partial charge on any atom is -0.323 e. The van der Waals surface area contributed by atoms with Crippen molar-refractivity contribution in [1.29, 1.82) is 0 Å². The number of nitrogens with two attached hydrogens (primary N) is 1. The Balaban J connectivity index is 1.98. The summed E-state index contributed by atoms with van der Waals surface area (Å²) < 4.78 is 1.82. The van der Waals surface area contributed by atoms with Crippen LogP contribution in [-0.2, 0) is 13.0 Å². The van der Waals surface area contributed by atoms with Gasteiger partial charge < -0.3 is 5.73 Å². The van der Waals surface area contributed by atoms with Crippen LogP contribution in [0.2, 0.25) is 0 Å². The van der Waals surface area contributed by atoms with E-state index >= 15 is 0 Å². The first-order valence-electron chi connectivity index (χ1n) is 6.81. The van der Waals surface area contributed by atoms with Gasteiger partial charge in [-0.3, -0.25) is 0 Å². The number of aromatic nitrogens is 4. The fraction of sp³-hybridized carbons (Fsp3) is 0.615. The van der Waals surface area contributed by atoms with Gasteiger partial charge in [-0.25, -0.2) is 9.67 Å². The molecule has 0 aliphatic rings. The van der Waals surface area contributed by atoms with E-state index in [1.807, 2.05) is 10.9 Å². The van der Waals surface area contributed by atoms with Crippen LogP contribution in [0.25, 0.3) is 0 Å². The second-order valence-corrected chi connectivity index (χ2v) is 5.66. The number of thiazole rings is 1. The Morgan fingerprint density at radius 3 is 2.95 bits per heavy atom. The van der Waals surface area contributed by atoms with E-state index in [0.29, 0.717) is 6.54 Å². The van der Waals surface area contributed by atoms with Crippen LogP contribution < -0.4 is 5.73 Å². The third kappa shape index (κ3) is 3.84. The van der Waals surface area contributed by atoms with Crippen molar-refractivity contribution in [2.75, 3.05) is 0 Å². The molecule has 2 aromatic rings. The Labute approximate surface area is 117 Å². The topological polar surface area (TPSA) is 69.6 Å². The molecular formula is C13H21N5S. The molecule has 2 heterocycles. The lowest BCUT2D eigenvalue weighted by atomic mass is 10.1. The molecule has 2 rings (SSSR count). The Hall–Kier alpha value is -1.27. The van der Waals surface area contributed by atoms with Crippen molar-refractivity contribution >= 4 is 11.3 Å². The predicted molar refractivity (Wildman–Crippen MR) is 77.1 cm³/mol. The summed E-state index contributed by atoms with van der Waals surface area (Å²) in [5.41, 5.74) is 7.94. The standard InChI is InChI=1S/C13H21N5S/c1-3-5-11(14)12-8-18(17-16-12)7-10-9-19-13(15-10)6-4-2/h8-9,11H,3-7,14H2,1-2H3. The molecule has 2 N–H and O–H groups in total. The van der Waals surface area contributed by atoms with E-state index in [0.717, 1.165) is 37.1 Å². The van der Waals surface area contributed by atoms with Crippen LogP contribution in [0.1, 0.15) is 55.5 Å². The van der Waals surface area contributed by atoms with E-state index < -0.39 is 0 Å². The molecule has 1 unspecified atom stereocenters. The Kier molecular flexibility index (Phi) is 5.04. The Morgan fingerprint density at radius 2 is 2.21 bits per heavy atom. The summed E-state index contributed by atoms with van der Waals surface area (Å²) in [7, 11) is 0. The van der Waals surface area contributed by atoms with Crippen molar-refractivity contribution < 1.29 is 0 Å². The van der Waals surface area contributed by atoms with Gasteiger partial charge in [-0.1, -0.05) is 25.5 Å². The summed E-state index contributed by atoms with van der Waals surface area (Å²) >= 11 is 1.72. The highest BCUT2D eigenvalue weighted by Gasteiger charge is 2.10. The molecule has 0 saturated carbocycles. The van der Waals surface area contributed by atoms with Gasteiger partial charge in [0.2, 0.25) is 0 Å². The molecule has 0 amide bonds. The molecule has 0 bridgehead atoms. The molecule has 1 atom stereocenters. The Bertz CT molecular complexity index is 505. The van der Waals surface area contributed by atoms with Gasteiger partial charge in [0.15, 0.2) is 0 Å². The average molecular weight is 279 g/mol. The monoisotopic (exact) mass is 279 g/mol. The molecule has 6 heteroatoms.